The van der Waals surface area contributed by atoms with Crippen molar-refractivity contribution in [3.05, 3.63) is 99.8 Å². The van der Waals surface area contributed by atoms with Gasteiger partial charge in [-0.2, -0.15) is 12.7 Å². The molecule has 3 atom stereocenters. The number of likely N-dealkylation sites (N-methyl/N-ethyl adjacent to an activating group) is 1. The Morgan fingerprint density at radius 3 is 2.49 bits per heavy atom. The number of ether oxygens (including phenoxy) is 1. The second-order valence-electron chi connectivity index (χ2n) is 15.0. The van der Waals surface area contributed by atoms with Crippen LogP contribution in [0.15, 0.2) is 83.0 Å². The Morgan fingerprint density at radius 1 is 1.00 bits per heavy atom. The Hall–Kier alpha value is -4.19. The smallest absolute Gasteiger partial charge is 0.303 e. The van der Waals surface area contributed by atoms with Crippen LogP contribution in [0.2, 0.25) is 0 Å². The lowest BCUT2D eigenvalue weighted by Gasteiger charge is -2.43. The minimum absolute atomic E-state index is 0.0821. The van der Waals surface area contributed by atoms with E-state index >= 15 is 4.79 Å². The van der Waals surface area contributed by atoms with E-state index in [2.05, 4.69) is 68.6 Å². The van der Waals surface area contributed by atoms with Crippen molar-refractivity contribution in [2.45, 2.75) is 62.9 Å². The summed E-state index contributed by atoms with van der Waals surface area (Å²) in [5, 5.41) is 1.02. The quantitative estimate of drug-likeness (QED) is 0.352. The van der Waals surface area contributed by atoms with Crippen molar-refractivity contribution in [3.8, 4) is 5.75 Å². The number of piperazine rings is 1. The summed E-state index contributed by atoms with van der Waals surface area (Å²) in [6.07, 6.45) is 10.5. The second kappa shape index (κ2) is 13.1. The molecule has 2 aromatic carbocycles. The minimum atomic E-state index is -4.00. The molecule has 2 unspecified atom stereocenters. The number of nitrogens with one attached hydrogen (secondary N) is 1. The van der Waals surface area contributed by atoms with Crippen LogP contribution in [0.4, 0.5) is 0 Å². The number of methoxy groups -OCH3 is 1. The zero-order valence-corrected chi connectivity index (χ0v) is 30.7. The number of rotatable bonds is 7. The average Bonchev–Trinajstić information content (AvgIpc) is 3.77. The summed E-state index contributed by atoms with van der Waals surface area (Å²) in [5.41, 5.74) is 7.48. The van der Waals surface area contributed by atoms with Crippen molar-refractivity contribution in [2.24, 2.45) is 5.92 Å². The number of aromatic nitrogens is 1. The van der Waals surface area contributed by atoms with Crippen LogP contribution in [0.1, 0.15) is 73.2 Å². The molecular formula is C40H47N5O5S. The van der Waals surface area contributed by atoms with Crippen LogP contribution in [0.5, 0.6) is 5.75 Å². The Bertz CT molecular complexity index is 2110. The number of amides is 2. The number of hydrogen-bond donors (Lipinski definition) is 1. The normalized spacial score (nSPS) is 23.9. The third kappa shape index (κ3) is 5.83. The predicted molar refractivity (Wildman–Crippen MR) is 197 cm³/mol. The van der Waals surface area contributed by atoms with E-state index in [-0.39, 0.29) is 17.9 Å². The van der Waals surface area contributed by atoms with E-state index in [1.807, 2.05) is 18.2 Å². The minimum Gasteiger partial charge on any atom is -0.496 e. The number of benzene rings is 2. The van der Waals surface area contributed by atoms with Gasteiger partial charge in [-0.25, -0.2) is 4.72 Å². The Labute approximate surface area is 300 Å². The molecule has 1 saturated carbocycles. The second-order valence-corrected chi connectivity index (χ2v) is 16.8. The molecule has 51 heavy (non-hydrogen) atoms. The van der Waals surface area contributed by atoms with Gasteiger partial charge in [0.25, 0.3) is 5.91 Å². The van der Waals surface area contributed by atoms with E-state index in [1.165, 1.54) is 38.9 Å². The first-order valence-electron chi connectivity index (χ1n) is 18.2. The van der Waals surface area contributed by atoms with E-state index < -0.39 is 22.0 Å². The molecule has 3 aliphatic carbocycles. The van der Waals surface area contributed by atoms with Crippen LogP contribution in [0, 0.1) is 5.92 Å². The lowest BCUT2D eigenvalue weighted by Crippen LogP contribution is -2.52. The summed E-state index contributed by atoms with van der Waals surface area (Å²) in [7, 11) is 2.60. The van der Waals surface area contributed by atoms with E-state index in [0.29, 0.717) is 31.0 Å². The van der Waals surface area contributed by atoms with Crippen molar-refractivity contribution in [3.63, 3.8) is 0 Å². The number of carbonyl (C=O) groups is 2. The first-order chi connectivity index (χ1) is 24.6. The monoisotopic (exact) mass is 709 g/mol. The fraction of sp³-hybridized carbons (Fsp3) is 0.450. The zero-order chi connectivity index (χ0) is 35.6. The molecule has 11 heteroatoms. The maximum Gasteiger partial charge on any atom is 0.303 e. The Kier molecular flexibility index (Phi) is 8.71. The summed E-state index contributed by atoms with van der Waals surface area (Å²) in [4.78, 5) is 33.2. The largest absolute Gasteiger partial charge is 0.496 e. The number of fused-ring (bicyclic) bond motifs is 6. The van der Waals surface area contributed by atoms with E-state index in [4.69, 9.17) is 4.74 Å². The number of allylic oxidation sites excluding steroid dienone is 4. The highest BCUT2D eigenvalue weighted by Gasteiger charge is 2.49. The summed E-state index contributed by atoms with van der Waals surface area (Å²) in [6.45, 7) is 2.57. The molecule has 1 saturated heterocycles. The van der Waals surface area contributed by atoms with Crippen LogP contribution in [-0.2, 0) is 26.3 Å². The molecule has 5 aliphatic rings. The van der Waals surface area contributed by atoms with Crippen LogP contribution >= 0.6 is 0 Å². The highest BCUT2D eigenvalue weighted by Crippen LogP contribution is 2.55. The Balaban J connectivity index is 1.29. The SMILES string of the molecule is COc1ccc(C2CCCCC2)c2c1cc1n2CC2=C(C(=O)NS(=O)(=O)N(C)C)C2=C2C=CC[C@@H](C(=O)N3CCN(C)CC3c3ccccc3)C21. The first kappa shape index (κ1) is 33.9. The van der Waals surface area contributed by atoms with Crippen LogP contribution in [0.3, 0.4) is 0 Å². The molecule has 10 nitrogen and oxygen atoms in total. The topological polar surface area (TPSA) is 104 Å². The third-order valence-corrected chi connectivity index (χ3v) is 13.2. The molecule has 2 amide bonds. The molecule has 1 N–H and O–H groups in total. The highest BCUT2D eigenvalue weighted by molar-refractivity contribution is 7.87. The van der Waals surface area contributed by atoms with Crippen molar-refractivity contribution < 1.29 is 22.7 Å². The molecular weight excluding hydrogens is 663 g/mol. The zero-order valence-electron chi connectivity index (χ0n) is 29.9. The van der Waals surface area contributed by atoms with Crippen LogP contribution in [0.25, 0.3) is 10.9 Å². The standard InChI is InChI=1S/C40H47N5O5S/c1-42(2)51(48,49)41-39(46)37-31-23-45-32(22-30-34(50-4)19-18-27(38(30)45)25-12-7-5-8-13-25)35-28(36(31)37)16-11-17-29(35)40(47)44-21-20-43(3)24-33(44)26-14-9-6-10-15-26/h6,9-11,14-16,18-19,22,25,29,33,35H,5,7-8,12-13,17,20-21,23-24H2,1-4H3,(H,41,46)/t29-,33?,35?/m1/s1. The van der Waals surface area contributed by atoms with Crippen molar-refractivity contribution in [1.82, 2.24) is 23.4 Å². The lowest BCUT2D eigenvalue weighted by atomic mass is 9.75. The molecule has 8 rings (SSSR count). The molecule has 0 bridgehead atoms. The van der Waals surface area contributed by atoms with E-state index in [0.717, 1.165) is 74.9 Å². The summed E-state index contributed by atoms with van der Waals surface area (Å²) in [5.74, 6) is -0.0792. The van der Waals surface area contributed by atoms with E-state index in [9.17, 15) is 13.2 Å². The lowest BCUT2D eigenvalue weighted by molar-refractivity contribution is -0.141. The molecule has 268 valence electrons. The molecule has 0 spiro atoms. The summed E-state index contributed by atoms with van der Waals surface area (Å²) >= 11 is 0. The molecule has 2 aliphatic heterocycles. The van der Waals surface area contributed by atoms with Crippen LogP contribution < -0.4 is 9.46 Å². The summed E-state index contributed by atoms with van der Waals surface area (Å²) in [6, 6.07) is 16.7. The predicted octanol–water partition coefficient (Wildman–Crippen LogP) is 5.42. The molecule has 3 heterocycles. The molecule has 3 aromatic rings. The third-order valence-electron chi connectivity index (χ3n) is 11.8. The van der Waals surface area contributed by atoms with Gasteiger partial charge in [-0.15, -0.1) is 0 Å². The Morgan fingerprint density at radius 2 is 1.76 bits per heavy atom. The first-order valence-corrected chi connectivity index (χ1v) is 19.7. The van der Waals surface area contributed by atoms with Crippen molar-refractivity contribution >= 4 is 32.9 Å². The van der Waals surface area contributed by atoms with Gasteiger partial charge < -0.3 is 19.1 Å². The maximum absolute atomic E-state index is 15.1. The molecule has 2 fully saturated rings. The van der Waals surface area contributed by atoms with Crippen molar-refractivity contribution in [2.75, 3.05) is 47.9 Å². The van der Waals surface area contributed by atoms with Gasteiger partial charge in [0.2, 0.25) is 5.91 Å². The van der Waals surface area contributed by atoms with Gasteiger partial charge in [0.15, 0.2) is 0 Å². The number of carbonyl (C=O) groups excluding carboxylic acids is 2. The van der Waals surface area contributed by atoms with E-state index in [1.54, 1.807) is 7.11 Å². The van der Waals surface area contributed by atoms with Gasteiger partial charge in [-0.1, -0.05) is 67.8 Å². The fourth-order valence-corrected chi connectivity index (χ4v) is 9.64. The van der Waals surface area contributed by atoms with Gasteiger partial charge in [0.1, 0.15) is 5.75 Å². The van der Waals surface area contributed by atoms with Crippen molar-refractivity contribution in [1.29, 1.82) is 0 Å². The number of nitrogens with zero attached hydrogens (tertiary/aromatic N) is 4. The summed E-state index contributed by atoms with van der Waals surface area (Å²) < 4.78 is 37.2. The number of hydrogen-bond acceptors (Lipinski definition) is 6. The maximum atomic E-state index is 15.1. The average molecular weight is 710 g/mol. The van der Waals surface area contributed by atoms with Gasteiger partial charge >= 0.3 is 10.2 Å². The molecule has 0 radical (unpaired) electrons. The van der Waals surface area contributed by atoms with Gasteiger partial charge in [0.05, 0.1) is 30.2 Å². The highest BCUT2D eigenvalue weighted by atomic mass is 32.2. The van der Waals surface area contributed by atoms with Crippen LogP contribution in [-0.4, -0.2) is 86.8 Å². The van der Waals surface area contributed by atoms with Gasteiger partial charge in [0, 0.05) is 57.3 Å². The molecule has 1 aromatic heterocycles. The van der Waals surface area contributed by atoms with Gasteiger partial charge in [-0.05, 0) is 72.2 Å². The van der Waals surface area contributed by atoms with Gasteiger partial charge in [-0.3, -0.25) is 9.59 Å². The fourth-order valence-electron chi connectivity index (χ4n) is 9.12.